The molecule has 2 aliphatic heterocycles. The fourth-order valence-corrected chi connectivity index (χ4v) is 4.21. The summed E-state index contributed by atoms with van der Waals surface area (Å²) in [5.41, 5.74) is 0. The first kappa shape index (κ1) is 25.9. The molecule has 0 amide bonds. The van der Waals surface area contributed by atoms with Crippen molar-refractivity contribution in [3.8, 4) is 0 Å². The number of nitrogens with zero attached hydrogens (tertiary/aromatic N) is 2. The maximum atomic E-state index is 5.73. The Kier molecular flexibility index (Phi) is 14.5. The Hall–Kier alpha value is -0.120. The van der Waals surface area contributed by atoms with E-state index in [-0.39, 0.29) is 24.0 Å². The number of likely N-dealkylation sites (tertiary alicyclic amines) is 1. The first-order valence-corrected chi connectivity index (χ1v) is 11.0. The summed E-state index contributed by atoms with van der Waals surface area (Å²) in [4.78, 5) is 6.95. The zero-order valence-electron chi connectivity index (χ0n) is 18.3. The lowest BCUT2D eigenvalue weighted by molar-refractivity contribution is 0.0888. The van der Waals surface area contributed by atoms with E-state index in [4.69, 9.17) is 9.47 Å². The van der Waals surface area contributed by atoms with Crippen molar-refractivity contribution in [3.63, 3.8) is 0 Å². The van der Waals surface area contributed by atoms with Gasteiger partial charge in [0.25, 0.3) is 0 Å². The molecular formula is C21H43IN4O2. The van der Waals surface area contributed by atoms with E-state index < -0.39 is 0 Å². The third-order valence-electron chi connectivity index (χ3n) is 5.50. The van der Waals surface area contributed by atoms with Gasteiger partial charge in [0.05, 0.1) is 13.2 Å². The minimum Gasteiger partial charge on any atom is -0.381 e. The van der Waals surface area contributed by atoms with Gasteiger partial charge in [-0.25, -0.2) is 0 Å². The van der Waals surface area contributed by atoms with Crippen LogP contribution in [0.25, 0.3) is 0 Å². The first-order chi connectivity index (χ1) is 13.2. The molecule has 0 bridgehead atoms. The van der Waals surface area contributed by atoms with Crippen molar-refractivity contribution < 1.29 is 9.47 Å². The standard InChI is InChI=1S/C21H42N4O2.HI/c1-18-13-19(2)15-25(14-18)10-5-4-8-23-21(22-3)24-9-6-11-26-16-20-7-12-27-17-20;/h18-20H,4-17H2,1-3H3,(H2,22,23,24);1H. The van der Waals surface area contributed by atoms with Crippen molar-refractivity contribution >= 4 is 29.9 Å². The molecule has 7 heteroatoms. The zero-order chi connectivity index (χ0) is 19.3. The number of aliphatic imine (C=N–C) groups is 1. The quantitative estimate of drug-likeness (QED) is 0.194. The smallest absolute Gasteiger partial charge is 0.190 e. The highest BCUT2D eigenvalue weighted by atomic mass is 127. The molecule has 0 aromatic rings. The molecule has 2 N–H and O–H groups in total. The Bertz CT molecular complexity index is 409. The summed E-state index contributed by atoms with van der Waals surface area (Å²) in [6.45, 7) is 13.8. The Labute approximate surface area is 189 Å². The largest absolute Gasteiger partial charge is 0.381 e. The zero-order valence-corrected chi connectivity index (χ0v) is 20.6. The average Bonchev–Trinajstić information content (AvgIpc) is 3.15. The summed E-state index contributed by atoms with van der Waals surface area (Å²) in [6.07, 6.45) is 5.97. The average molecular weight is 511 g/mol. The van der Waals surface area contributed by atoms with Crippen LogP contribution in [0.1, 0.15) is 46.0 Å². The summed E-state index contributed by atoms with van der Waals surface area (Å²) in [5, 5.41) is 6.80. The minimum absolute atomic E-state index is 0. The monoisotopic (exact) mass is 510 g/mol. The van der Waals surface area contributed by atoms with E-state index in [9.17, 15) is 0 Å². The van der Waals surface area contributed by atoms with Crippen molar-refractivity contribution in [1.82, 2.24) is 15.5 Å². The number of ether oxygens (including phenoxy) is 2. The third kappa shape index (κ3) is 11.2. The number of hydrogen-bond donors (Lipinski definition) is 2. The SMILES string of the molecule is CN=C(NCCCCN1CC(C)CC(C)C1)NCCCOCC1CCOC1.I. The van der Waals surface area contributed by atoms with Gasteiger partial charge in [-0.1, -0.05) is 13.8 Å². The van der Waals surface area contributed by atoms with Gasteiger partial charge < -0.3 is 25.0 Å². The van der Waals surface area contributed by atoms with E-state index in [0.29, 0.717) is 5.92 Å². The van der Waals surface area contributed by atoms with Crippen molar-refractivity contribution in [3.05, 3.63) is 0 Å². The number of piperidine rings is 1. The van der Waals surface area contributed by atoms with Crippen LogP contribution in [0.4, 0.5) is 0 Å². The number of hydrogen-bond acceptors (Lipinski definition) is 4. The number of halogens is 1. The summed E-state index contributed by atoms with van der Waals surface area (Å²) in [5.74, 6) is 3.21. The molecule has 2 aliphatic rings. The Balaban J connectivity index is 0.00000392. The third-order valence-corrected chi connectivity index (χ3v) is 5.50. The molecule has 2 fully saturated rings. The maximum Gasteiger partial charge on any atom is 0.190 e. The van der Waals surface area contributed by atoms with Gasteiger partial charge in [0.2, 0.25) is 0 Å². The van der Waals surface area contributed by atoms with Crippen LogP contribution in [0, 0.1) is 17.8 Å². The van der Waals surface area contributed by atoms with Crippen LogP contribution in [0.15, 0.2) is 4.99 Å². The first-order valence-electron chi connectivity index (χ1n) is 11.0. The minimum atomic E-state index is 0. The molecule has 3 atom stereocenters. The van der Waals surface area contributed by atoms with E-state index in [0.717, 1.165) is 70.2 Å². The van der Waals surface area contributed by atoms with Gasteiger partial charge in [-0.2, -0.15) is 0 Å². The molecule has 2 rings (SSSR count). The molecule has 0 saturated carbocycles. The second-order valence-electron chi connectivity index (χ2n) is 8.50. The van der Waals surface area contributed by atoms with Crippen LogP contribution in [-0.2, 0) is 9.47 Å². The van der Waals surface area contributed by atoms with Crippen LogP contribution < -0.4 is 10.6 Å². The van der Waals surface area contributed by atoms with Crippen LogP contribution in [-0.4, -0.2) is 77.1 Å². The van der Waals surface area contributed by atoms with Gasteiger partial charge in [0, 0.05) is 52.4 Å². The van der Waals surface area contributed by atoms with Gasteiger partial charge >= 0.3 is 0 Å². The summed E-state index contributed by atoms with van der Waals surface area (Å²) in [6, 6.07) is 0. The fraction of sp³-hybridized carbons (Fsp3) is 0.952. The highest BCUT2D eigenvalue weighted by Crippen LogP contribution is 2.20. The molecule has 28 heavy (non-hydrogen) atoms. The molecule has 2 saturated heterocycles. The second kappa shape index (κ2) is 15.7. The molecule has 0 aromatic heterocycles. The highest BCUT2D eigenvalue weighted by molar-refractivity contribution is 14.0. The Morgan fingerprint density at radius 2 is 1.82 bits per heavy atom. The fourth-order valence-electron chi connectivity index (χ4n) is 4.21. The van der Waals surface area contributed by atoms with Gasteiger partial charge in [0.1, 0.15) is 0 Å². The predicted octanol–water partition coefficient (Wildman–Crippen LogP) is 2.97. The van der Waals surface area contributed by atoms with Gasteiger partial charge in [-0.3, -0.25) is 4.99 Å². The lowest BCUT2D eigenvalue weighted by Crippen LogP contribution is -2.40. The van der Waals surface area contributed by atoms with Crippen molar-refractivity contribution in [2.45, 2.75) is 46.0 Å². The molecule has 2 heterocycles. The number of guanidine groups is 1. The molecule has 166 valence electrons. The van der Waals surface area contributed by atoms with E-state index >= 15 is 0 Å². The topological polar surface area (TPSA) is 58.1 Å². The van der Waals surface area contributed by atoms with Crippen molar-refractivity contribution in [2.75, 3.05) is 66.2 Å². The lowest BCUT2D eigenvalue weighted by atomic mass is 9.92. The van der Waals surface area contributed by atoms with E-state index in [1.54, 1.807) is 0 Å². The molecule has 0 spiro atoms. The Morgan fingerprint density at radius 3 is 2.46 bits per heavy atom. The molecule has 0 radical (unpaired) electrons. The van der Waals surface area contributed by atoms with Crippen LogP contribution in [0.5, 0.6) is 0 Å². The van der Waals surface area contributed by atoms with Crippen molar-refractivity contribution in [1.29, 1.82) is 0 Å². The van der Waals surface area contributed by atoms with Crippen LogP contribution in [0.2, 0.25) is 0 Å². The van der Waals surface area contributed by atoms with Gasteiger partial charge in [0.15, 0.2) is 5.96 Å². The number of rotatable bonds is 11. The van der Waals surface area contributed by atoms with Crippen LogP contribution in [0.3, 0.4) is 0 Å². The van der Waals surface area contributed by atoms with E-state index in [1.165, 1.54) is 38.9 Å². The maximum absolute atomic E-state index is 5.73. The van der Waals surface area contributed by atoms with Gasteiger partial charge in [-0.15, -0.1) is 24.0 Å². The highest BCUT2D eigenvalue weighted by Gasteiger charge is 2.20. The Morgan fingerprint density at radius 1 is 1.11 bits per heavy atom. The second-order valence-corrected chi connectivity index (χ2v) is 8.50. The molecule has 6 nitrogen and oxygen atoms in total. The van der Waals surface area contributed by atoms with E-state index in [2.05, 4.69) is 34.4 Å². The predicted molar refractivity (Wildman–Crippen MR) is 128 cm³/mol. The molecular weight excluding hydrogens is 467 g/mol. The molecule has 3 unspecified atom stereocenters. The molecule has 0 aliphatic carbocycles. The number of nitrogens with one attached hydrogen (secondary N) is 2. The normalized spacial score (nSPS) is 26.1. The summed E-state index contributed by atoms with van der Waals surface area (Å²) >= 11 is 0. The summed E-state index contributed by atoms with van der Waals surface area (Å²) in [7, 11) is 1.84. The van der Waals surface area contributed by atoms with Gasteiger partial charge in [-0.05, 0) is 50.5 Å². The van der Waals surface area contributed by atoms with Crippen LogP contribution >= 0.6 is 24.0 Å². The van der Waals surface area contributed by atoms with Crippen molar-refractivity contribution in [2.24, 2.45) is 22.7 Å². The summed E-state index contributed by atoms with van der Waals surface area (Å²) < 4.78 is 11.1. The number of unbranched alkanes of at least 4 members (excludes halogenated alkanes) is 1. The molecule has 0 aromatic carbocycles. The lowest BCUT2D eigenvalue weighted by Gasteiger charge is -2.34. The van der Waals surface area contributed by atoms with E-state index in [1.807, 2.05) is 7.05 Å².